The van der Waals surface area contributed by atoms with E-state index in [1.165, 1.54) is 17.0 Å². The summed E-state index contributed by atoms with van der Waals surface area (Å²) >= 11 is 5.94. The van der Waals surface area contributed by atoms with Crippen LogP contribution in [0.25, 0.3) is 5.76 Å². The average Bonchev–Trinajstić information content (AvgIpc) is 3.24. The predicted molar refractivity (Wildman–Crippen MR) is 106 cm³/mol. The molecule has 0 saturated carbocycles. The summed E-state index contributed by atoms with van der Waals surface area (Å²) in [5, 5.41) is 11.3. The molecule has 4 rings (SSSR count). The predicted octanol–water partition coefficient (Wildman–Crippen LogP) is 5.01. The first kappa shape index (κ1) is 19.0. The molecular weight excluding hydrogens is 397 g/mol. The molecule has 0 bridgehead atoms. The third-order valence-corrected chi connectivity index (χ3v) is 4.95. The standard InChI is InChI=1S/C22H15ClFNO4/c1-12-2-11-17(29-12)19-18(20(26)13-3-7-15(24)8-4-13)21(27)22(28)25(19)16-9-5-14(23)6-10-16/h2-11,19,26H,1H3/b20-18-. The number of ketones is 1. The van der Waals surface area contributed by atoms with Gasteiger partial charge in [-0.3, -0.25) is 14.5 Å². The Labute approximate surface area is 170 Å². The van der Waals surface area contributed by atoms with Crippen LogP contribution in [0.3, 0.4) is 0 Å². The minimum atomic E-state index is -0.977. The highest BCUT2D eigenvalue weighted by atomic mass is 35.5. The SMILES string of the molecule is Cc1ccc(C2/C(=C(/O)c3ccc(F)cc3)C(=O)C(=O)N2c2ccc(Cl)cc2)o1. The van der Waals surface area contributed by atoms with Gasteiger partial charge in [-0.25, -0.2) is 4.39 Å². The molecule has 146 valence electrons. The van der Waals surface area contributed by atoms with Gasteiger partial charge >= 0.3 is 0 Å². The van der Waals surface area contributed by atoms with E-state index < -0.39 is 29.3 Å². The van der Waals surface area contributed by atoms with E-state index >= 15 is 0 Å². The van der Waals surface area contributed by atoms with Crippen molar-refractivity contribution in [1.29, 1.82) is 0 Å². The number of carbonyl (C=O) groups excluding carboxylic acids is 2. The molecule has 2 aromatic carbocycles. The van der Waals surface area contributed by atoms with Gasteiger partial charge < -0.3 is 9.52 Å². The molecule has 1 N–H and O–H groups in total. The Balaban J connectivity index is 1.92. The van der Waals surface area contributed by atoms with E-state index in [4.69, 9.17) is 16.0 Å². The van der Waals surface area contributed by atoms with Crippen LogP contribution in [-0.4, -0.2) is 16.8 Å². The largest absolute Gasteiger partial charge is 0.507 e. The van der Waals surface area contributed by atoms with E-state index in [9.17, 15) is 19.1 Å². The molecule has 1 unspecified atom stereocenters. The fourth-order valence-electron chi connectivity index (χ4n) is 3.33. The number of rotatable bonds is 3. The van der Waals surface area contributed by atoms with Crippen LogP contribution < -0.4 is 4.90 Å². The van der Waals surface area contributed by atoms with Gasteiger partial charge in [-0.15, -0.1) is 0 Å². The maximum Gasteiger partial charge on any atom is 0.300 e. The van der Waals surface area contributed by atoms with Gasteiger partial charge in [0.1, 0.15) is 29.1 Å². The summed E-state index contributed by atoms with van der Waals surface area (Å²) in [6, 6.07) is 13.8. The second-order valence-electron chi connectivity index (χ2n) is 6.60. The van der Waals surface area contributed by atoms with Crippen molar-refractivity contribution in [3.8, 4) is 0 Å². The van der Waals surface area contributed by atoms with E-state index in [0.717, 1.165) is 12.1 Å². The Bertz CT molecular complexity index is 1130. The molecule has 0 aliphatic carbocycles. The summed E-state index contributed by atoms with van der Waals surface area (Å²) in [7, 11) is 0. The lowest BCUT2D eigenvalue weighted by Crippen LogP contribution is -2.29. The molecule has 29 heavy (non-hydrogen) atoms. The average molecular weight is 412 g/mol. The van der Waals surface area contributed by atoms with E-state index in [2.05, 4.69) is 0 Å². The lowest BCUT2D eigenvalue weighted by atomic mass is 9.99. The molecule has 1 saturated heterocycles. The number of nitrogens with zero attached hydrogens (tertiary/aromatic N) is 1. The zero-order chi connectivity index (χ0) is 20.7. The number of aliphatic hydroxyl groups is 1. The molecule has 3 aromatic rings. The summed E-state index contributed by atoms with van der Waals surface area (Å²) in [5.41, 5.74) is 0.508. The van der Waals surface area contributed by atoms with Crippen LogP contribution in [0.15, 0.2) is 70.7 Å². The van der Waals surface area contributed by atoms with Crippen molar-refractivity contribution in [1.82, 2.24) is 0 Å². The fourth-order valence-corrected chi connectivity index (χ4v) is 3.46. The molecule has 1 aliphatic rings. The third-order valence-electron chi connectivity index (χ3n) is 4.70. The van der Waals surface area contributed by atoms with Gasteiger partial charge in [-0.2, -0.15) is 0 Å². The van der Waals surface area contributed by atoms with Crippen molar-refractivity contribution >= 4 is 34.7 Å². The summed E-state index contributed by atoms with van der Waals surface area (Å²) in [6.45, 7) is 1.73. The van der Waals surface area contributed by atoms with E-state index in [-0.39, 0.29) is 11.1 Å². The molecule has 7 heteroatoms. The minimum Gasteiger partial charge on any atom is -0.507 e. The fraction of sp³-hybridized carbons (Fsp3) is 0.0909. The Hall–Kier alpha value is -3.38. The van der Waals surface area contributed by atoms with Crippen LogP contribution >= 0.6 is 11.6 Å². The molecule has 1 aromatic heterocycles. The monoisotopic (exact) mass is 411 g/mol. The van der Waals surface area contributed by atoms with Crippen LogP contribution in [0.1, 0.15) is 23.1 Å². The minimum absolute atomic E-state index is 0.133. The van der Waals surface area contributed by atoms with Crippen LogP contribution in [0.2, 0.25) is 5.02 Å². The molecule has 0 spiro atoms. The Morgan fingerprint density at radius 2 is 1.69 bits per heavy atom. The van der Waals surface area contributed by atoms with Gasteiger partial charge in [0, 0.05) is 16.3 Å². The van der Waals surface area contributed by atoms with Crippen molar-refractivity contribution in [2.75, 3.05) is 4.90 Å². The van der Waals surface area contributed by atoms with Crippen LogP contribution in [0.5, 0.6) is 0 Å². The van der Waals surface area contributed by atoms with Gasteiger partial charge in [0.05, 0.1) is 5.57 Å². The van der Waals surface area contributed by atoms with Crippen molar-refractivity contribution in [3.63, 3.8) is 0 Å². The van der Waals surface area contributed by atoms with Gasteiger partial charge in [0.2, 0.25) is 0 Å². The second-order valence-corrected chi connectivity index (χ2v) is 7.04. The first-order chi connectivity index (χ1) is 13.9. The van der Waals surface area contributed by atoms with Crippen LogP contribution in [0, 0.1) is 12.7 Å². The number of carbonyl (C=O) groups is 2. The van der Waals surface area contributed by atoms with Crippen LogP contribution in [-0.2, 0) is 9.59 Å². The number of aliphatic hydroxyl groups excluding tert-OH is 1. The highest BCUT2D eigenvalue weighted by Crippen LogP contribution is 2.42. The Morgan fingerprint density at radius 3 is 2.28 bits per heavy atom. The van der Waals surface area contributed by atoms with Crippen LogP contribution in [0.4, 0.5) is 10.1 Å². The highest BCUT2D eigenvalue weighted by molar-refractivity contribution is 6.51. The zero-order valence-electron chi connectivity index (χ0n) is 15.2. The molecule has 1 amide bonds. The van der Waals surface area contributed by atoms with Gasteiger partial charge in [-0.1, -0.05) is 11.6 Å². The van der Waals surface area contributed by atoms with Crippen molar-refractivity contribution in [3.05, 3.63) is 94.2 Å². The second kappa shape index (κ2) is 7.22. The lowest BCUT2D eigenvalue weighted by molar-refractivity contribution is -0.132. The number of halogens is 2. The summed E-state index contributed by atoms with van der Waals surface area (Å²) in [6.07, 6.45) is 0. The Morgan fingerprint density at radius 1 is 1.03 bits per heavy atom. The van der Waals surface area contributed by atoms with Gasteiger partial charge in [0.15, 0.2) is 0 Å². The maximum atomic E-state index is 13.3. The number of aryl methyl sites for hydroxylation is 1. The van der Waals surface area contributed by atoms with E-state index in [1.807, 2.05) is 0 Å². The summed E-state index contributed by atoms with van der Waals surface area (Å²) < 4.78 is 19.0. The maximum absolute atomic E-state index is 13.3. The quantitative estimate of drug-likeness (QED) is 0.374. The van der Waals surface area contributed by atoms with Gasteiger partial charge in [0.25, 0.3) is 11.7 Å². The lowest BCUT2D eigenvalue weighted by Gasteiger charge is -2.23. The molecule has 1 fully saturated rings. The smallest absolute Gasteiger partial charge is 0.300 e. The number of anilines is 1. The molecule has 5 nitrogen and oxygen atoms in total. The normalized spacial score (nSPS) is 18.4. The number of Topliss-reactive ketones (excluding diaryl/α,β-unsaturated/α-hetero) is 1. The molecule has 2 heterocycles. The first-order valence-electron chi connectivity index (χ1n) is 8.75. The van der Waals surface area contributed by atoms with E-state index in [0.29, 0.717) is 22.2 Å². The van der Waals surface area contributed by atoms with Crippen molar-refractivity contribution < 1.29 is 23.5 Å². The zero-order valence-corrected chi connectivity index (χ0v) is 16.0. The summed E-state index contributed by atoms with van der Waals surface area (Å²) in [4.78, 5) is 27.0. The topological polar surface area (TPSA) is 70.8 Å². The molecule has 1 atom stereocenters. The first-order valence-corrected chi connectivity index (χ1v) is 9.13. The third kappa shape index (κ3) is 3.32. The molecule has 1 aliphatic heterocycles. The Kier molecular flexibility index (Phi) is 4.72. The number of hydrogen-bond acceptors (Lipinski definition) is 4. The number of furan rings is 1. The summed E-state index contributed by atoms with van der Waals surface area (Å²) in [5.74, 6) is -1.65. The highest BCUT2D eigenvalue weighted by Gasteiger charge is 2.48. The van der Waals surface area contributed by atoms with Gasteiger partial charge in [-0.05, 0) is 67.6 Å². The number of amides is 1. The van der Waals surface area contributed by atoms with E-state index in [1.54, 1.807) is 43.3 Å². The van der Waals surface area contributed by atoms with Crippen molar-refractivity contribution in [2.24, 2.45) is 0 Å². The number of hydrogen-bond donors (Lipinski definition) is 1. The van der Waals surface area contributed by atoms with Crippen molar-refractivity contribution in [2.45, 2.75) is 13.0 Å². The molecular formula is C22H15ClFNO4. The number of benzene rings is 2. The molecule has 0 radical (unpaired) electrons.